The maximum Gasteiger partial charge on any atom is 0.346 e. The van der Waals surface area contributed by atoms with E-state index < -0.39 is 5.97 Å². The van der Waals surface area contributed by atoms with Gasteiger partial charge < -0.3 is 10.0 Å². The maximum absolute atomic E-state index is 11.0. The quantitative estimate of drug-likeness (QED) is 0.185. The van der Waals surface area contributed by atoms with Crippen LogP contribution in [0.4, 0.5) is 17.1 Å². The molecular weight excluding hydrogens is 420 g/mol. The minimum Gasteiger partial charge on any atom is -0.477 e. The van der Waals surface area contributed by atoms with Crippen molar-refractivity contribution in [3.05, 3.63) is 131 Å². The van der Waals surface area contributed by atoms with Crippen molar-refractivity contribution in [1.82, 2.24) is 0 Å². The van der Waals surface area contributed by atoms with Gasteiger partial charge >= 0.3 is 5.97 Å². The van der Waals surface area contributed by atoms with Crippen molar-refractivity contribution < 1.29 is 9.90 Å². The maximum atomic E-state index is 11.0. The fourth-order valence-corrected chi connectivity index (χ4v) is 3.54. The molecule has 0 bridgehead atoms. The van der Waals surface area contributed by atoms with Gasteiger partial charge in [-0.3, -0.25) is 0 Å². The van der Waals surface area contributed by atoms with Gasteiger partial charge in [0.25, 0.3) is 0 Å². The lowest BCUT2D eigenvalue weighted by Gasteiger charge is -2.25. The molecule has 4 heteroatoms. The molecule has 4 aromatic rings. The van der Waals surface area contributed by atoms with Gasteiger partial charge in [-0.15, -0.1) is 0 Å². The van der Waals surface area contributed by atoms with Crippen LogP contribution >= 0.6 is 0 Å². The highest BCUT2D eigenvalue weighted by Crippen LogP contribution is 2.34. The Morgan fingerprint density at radius 2 is 1.06 bits per heavy atom. The molecule has 4 rings (SSSR count). The Bertz CT molecular complexity index is 1310. The van der Waals surface area contributed by atoms with E-state index in [0.29, 0.717) is 5.56 Å². The number of aliphatic carboxylic acids is 1. The van der Waals surface area contributed by atoms with Crippen molar-refractivity contribution in [3.8, 4) is 6.07 Å². The zero-order valence-electron chi connectivity index (χ0n) is 18.4. The summed E-state index contributed by atoms with van der Waals surface area (Å²) in [6.07, 6.45) is 5.39. The lowest BCUT2D eigenvalue weighted by atomic mass is 10.1. The highest BCUT2D eigenvalue weighted by molar-refractivity contribution is 5.96. The van der Waals surface area contributed by atoms with Gasteiger partial charge in [-0.25, -0.2) is 4.79 Å². The predicted molar refractivity (Wildman–Crippen MR) is 138 cm³/mol. The molecule has 0 amide bonds. The van der Waals surface area contributed by atoms with Gasteiger partial charge in [0.15, 0.2) is 0 Å². The van der Waals surface area contributed by atoms with Crippen molar-refractivity contribution in [2.75, 3.05) is 4.90 Å². The molecule has 0 aliphatic heterocycles. The molecule has 0 aliphatic rings. The van der Waals surface area contributed by atoms with Crippen molar-refractivity contribution in [2.45, 2.75) is 0 Å². The number of hydrogen-bond donors (Lipinski definition) is 1. The van der Waals surface area contributed by atoms with Crippen LogP contribution in [0.3, 0.4) is 0 Å². The molecule has 164 valence electrons. The summed E-state index contributed by atoms with van der Waals surface area (Å²) < 4.78 is 0. The minimum absolute atomic E-state index is 0.288. The first-order valence-electron chi connectivity index (χ1n) is 10.8. The number of nitrogens with zero attached hydrogens (tertiary/aromatic N) is 2. The van der Waals surface area contributed by atoms with E-state index in [1.165, 1.54) is 6.08 Å². The van der Waals surface area contributed by atoms with E-state index >= 15 is 0 Å². The molecule has 0 heterocycles. The first kappa shape index (κ1) is 22.3. The number of anilines is 3. The smallest absolute Gasteiger partial charge is 0.346 e. The lowest BCUT2D eigenvalue weighted by molar-refractivity contribution is -0.132. The number of rotatable bonds is 7. The molecule has 0 aliphatic carbocycles. The summed E-state index contributed by atoms with van der Waals surface area (Å²) in [5, 5.41) is 17.9. The second-order valence-electron chi connectivity index (χ2n) is 7.57. The van der Waals surface area contributed by atoms with Gasteiger partial charge in [-0.1, -0.05) is 84.9 Å². The third kappa shape index (κ3) is 5.48. The fourth-order valence-electron chi connectivity index (χ4n) is 3.54. The average molecular weight is 443 g/mol. The summed E-state index contributed by atoms with van der Waals surface area (Å²) in [5.41, 5.74) is 5.67. The van der Waals surface area contributed by atoms with Crippen molar-refractivity contribution in [3.63, 3.8) is 0 Å². The first-order valence-corrected chi connectivity index (χ1v) is 10.8. The minimum atomic E-state index is -1.23. The molecule has 0 radical (unpaired) electrons. The van der Waals surface area contributed by atoms with Crippen LogP contribution in [0.25, 0.3) is 18.2 Å². The van der Waals surface area contributed by atoms with Gasteiger partial charge in [0.1, 0.15) is 11.6 Å². The molecule has 1 N–H and O–H groups in total. The Morgan fingerprint density at radius 1 is 0.647 bits per heavy atom. The first-order chi connectivity index (χ1) is 16.6. The van der Waals surface area contributed by atoms with E-state index in [0.717, 1.165) is 28.2 Å². The van der Waals surface area contributed by atoms with E-state index in [1.54, 1.807) is 18.2 Å². The zero-order chi connectivity index (χ0) is 23.8. The number of para-hydroxylation sites is 2. The molecular formula is C30H22N2O2. The Morgan fingerprint density at radius 3 is 1.50 bits per heavy atom. The standard InChI is InChI=1S/C30H22N2O2/c31-22-26(30(33)34)21-25-15-13-23(14-16-25)11-12-24-17-19-29(20-18-24)32(27-7-3-1-4-8-27)28-9-5-2-6-10-28/h1-21H,(H,33,34)/b12-11+,26-21+. The summed E-state index contributed by atoms with van der Waals surface area (Å²) >= 11 is 0. The Kier molecular flexibility index (Phi) is 6.97. The summed E-state index contributed by atoms with van der Waals surface area (Å²) in [7, 11) is 0. The van der Waals surface area contributed by atoms with Crippen molar-refractivity contribution >= 4 is 41.3 Å². The molecule has 0 atom stereocenters. The van der Waals surface area contributed by atoms with E-state index in [-0.39, 0.29) is 5.57 Å². The third-order valence-corrected chi connectivity index (χ3v) is 5.25. The summed E-state index contributed by atoms with van der Waals surface area (Å²) in [6, 6.07) is 37.9. The van der Waals surface area contributed by atoms with Crippen LogP contribution in [0, 0.1) is 11.3 Å². The normalized spacial score (nSPS) is 11.2. The van der Waals surface area contributed by atoms with Crippen molar-refractivity contribution in [1.29, 1.82) is 5.26 Å². The molecule has 34 heavy (non-hydrogen) atoms. The van der Waals surface area contributed by atoms with Crippen LogP contribution in [-0.4, -0.2) is 11.1 Å². The second-order valence-corrected chi connectivity index (χ2v) is 7.57. The SMILES string of the molecule is N#C/C(=C\c1ccc(/C=C/c2ccc(N(c3ccccc3)c3ccccc3)cc2)cc1)C(=O)O. The highest BCUT2D eigenvalue weighted by Gasteiger charge is 2.11. The summed E-state index contributed by atoms with van der Waals surface area (Å²) in [6.45, 7) is 0. The number of carbonyl (C=O) groups is 1. The topological polar surface area (TPSA) is 64.3 Å². The summed E-state index contributed by atoms with van der Waals surface area (Å²) in [4.78, 5) is 13.2. The fraction of sp³-hybridized carbons (Fsp3) is 0. The van der Waals surface area contributed by atoms with Crippen LogP contribution in [0.1, 0.15) is 16.7 Å². The largest absolute Gasteiger partial charge is 0.477 e. The van der Waals surface area contributed by atoms with E-state index in [1.807, 2.05) is 60.7 Å². The van der Waals surface area contributed by atoms with Crippen LogP contribution in [-0.2, 0) is 4.79 Å². The third-order valence-electron chi connectivity index (χ3n) is 5.25. The van der Waals surface area contributed by atoms with Crippen LogP contribution in [0.15, 0.2) is 115 Å². The number of hydrogen-bond acceptors (Lipinski definition) is 3. The van der Waals surface area contributed by atoms with E-state index in [2.05, 4.69) is 53.4 Å². The molecule has 0 saturated heterocycles. The molecule has 4 nitrogen and oxygen atoms in total. The molecule has 0 saturated carbocycles. The lowest BCUT2D eigenvalue weighted by Crippen LogP contribution is -2.09. The number of benzene rings is 4. The molecule has 0 fully saturated rings. The summed E-state index contributed by atoms with van der Waals surface area (Å²) in [5.74, 6) is -1.23. The number of carboxylic acids is 1. The zero-order valence-corrected chi connectivity index (χ0v) is 18.4. The number of carboxylic acid groups (broad SMARTS) is 1. The van der Waals surface area contributed by atoms with Gasteiger partial charge in [0, 0.05) is 17.1 Å². The molecule has 0 spiro atoms. The second kappa shape index (κ2) is 10.6. The molecule has 0 unspecified atom stereocenters. The monoisotopic (exact) mass is 442 g/mol. The van der Waals surface area contributed by atoms with Gasteiger partial charge in [0.05, 0.1) is 0 Å². The molecule has 4 aromatic carbocycles. The average Bonchev–Trinajstić information content (AvgIpc) is 2.89. The van der Waals surface area contributed by atoms with Gasteiger partial charge in [-0.2, -0.15) is 5.26 Å². The van der Waals surface area contributed by atoms with E-state index in [9.17, 15) is 4.79 Å². The Balaban J connectivity index is 1.53. The molecule has 0 aromatic heterocycles. The van der Waals surface area contributed by atoms with Gasteiger partial charge in [-0.05, 0) is 59.2 Å². The van der Waals surface area contributed by atoms with Crippen LogP contribution < -0.4 is 4.90 Å². The van der Waals surface area contributed by atoms with E-state index in [4.69, 9.17) is 10.4 Å². The van der Waals surface area contributed by atoms with Crippen LogP contribution in [0.2, 0.25) is 0 Å². The predicted octanol–water partition coefficient (Wildman–Crippen LogP) is 7.32. The highest BCUT2D eigenvalue weighted by atomic mass is 16.4. The van der Waals surface area contributed by atoms with Gasteiger partial charge in [0.2, 0.25) is 0 Å². The van der Waals surface area contributed by atoms with Crippen molar-refractivity contribution in [2.24, 2.45) is 0 Å². The van der Waals surface area contributed by atoms with Crippen LogP contribution in [0.5, 0.6) is 0 Å². The Hall–Kier alpha value is -4.88. The number of nitriles is 1. The Labute approximate surface area is 199 Å².